The largest absolute Gasteiger partial charge is 0.507 e. The summed E-state index contributed by atoms with van der Waals surface area (Å²) in [5.74, 6) is -1.09. The van der Waals surface area contributed by atoms with Crippen LogP contribution < -0.4 is 4.74 Å². The Kier molecular flexibility index (Phi) is 6.94. The van der Waals surface area contributed by atoms with Crippen molar-refractivity contribution in [1.29, 1.82) is 0 Å². The molecule has 1 unspecified atom stereocenters. The topological polar surface area (TPSA) is 87.1 Å². The van der Waals surface area contributed by atoms with E-state index in [0.29, 0.717) is 23.5 Å². The maximum absolute atomic E-state index is 13.2. The van der Waals surface area contributed by atoms with E-state index < -0.39 is 17.7 Å². The summed E-state index contributed by atoms with van der Waals surface area (Å²) in [5, 5.41) is 21.3. The first-order valence-electron chi connectivity index (χ1n) is 11.4. The van der Waals surface area contributed by atoms with Gasteiger partial charge in [-0.25, -0.2) is 0 Å². The molecule has 0 aromatic heterocycles. The summed E-state index contributed by atoms with van der Waals surface area (Å²) in [7, 11) is 0. The number of ketones is 1. The Bertz CT molecular complexity index is 1090. The van der Waals surface area contributed by atoms with Gasteiger partial charge in [0.1, 0.15) is 17.3 Å². The molecule has 0 bridgehead atoms. The number of benzene rings is 2. The van der Waals surface area contributed by atoms with E-state index in [9.17, 15) is 19.8 Å². The van der Waals surface area contributed by atoms with Crippen LogP contribution in [-0.2, 0) is 9.59 Å². The molecule has 2 N–H and O–H groups in total. The van der Waals surface area contributed by atoms with Crippen LogP contribution >= 0.6 is 11.6 Å². The third-order valence-electron chi connectivity index (χ3n) is 6.32. The summed E-state index contributed by atoms with van der Waals surface area (Å²) in [4.78, 5) is 28.1. The monoisotopic (exact) mass is 469 g/mol. The molecule has 1 saturated heterocycles. The number of likely N-dealkylation sites (tertiary alicyclic amines) is 1. The number of carbonyl (C=O) groups is 2. The zero-order valence-corrected chi connectivity index (χ0v) is 19.3. The van der Waals surface area contributed by atoms with Gasteiger partial charge in [0.25, 0.3) is 11.7 Å². The fraction of sp³-hybridized carbons (Fsp3) is 0.385. The maximum Gasteiger partial charge on any atom is 0.295 e. The van der Waals surface area contributed by atoms with Crippen molar-refractivity contribution in [1.82, 2.24) is 4.90 Å². The first kappa shape index (κ1) is 23.2. The van der Waals surface area contributed by atoms with Crippen LogP contribution in [-0.4, -0.2) is 39.5 Å². The Morgan fingerprint density at radius 3 is 2.58 bits per heavy atom. The molecular formula is C26H28ClNO5. The third kappa shape index (κ3) is 4.58. The summed E-state index contributed by atoms with van der Waals surface area (Å²) < 4.78 is 5.67. The van der Waals surface area contributed by atoms with Gasteiger partial charge in [0.2, 0.25) is 0 Å². The van der Waals surface area contributed by atoms with Crippen LogP contribution in [0.25, 0.3) is 5.76 Å². The lowest BCUT2D eigenvalue weighted by atomic mass is 9.91. The molecule has 1 aliphatic heterocycles. The van der Waals surface area contributed by atoms with Gasteiger partial charge in [0, 0.05) is 11.6 Å². The number of ether oxygens (including phenoxy) is 1. The van der Waals surface area contributed by atoms with Crippen molar-refractivity contribution >= 4 is 29.1 Å². The average Bonchev–Trinajstić information content (AvgIpc) is 3.10. The molecule has 7 heteroatoms. The number of aliphatic hydroxyl groups excluding tert-OH is 1. The molecule has 1 amide bonds. The number of rotatable bonds is 6. The summed E-state index contributed by atoms with van der Waals surface area (Å²) in [6, 6.07) is 10.6. The van der Waals surface area contributed by atoms with E-state index in [2.05, 4.69) is 0 Å². The van der Waals surface area contributed by atoms with E-state index in [1.54, 1.807) is 41.3 Å². The summed E-state index contributed by atoms with van der Waals surface area (Å²) >= 11 is 6.18. The standard InChI is InChI=1S/C26H28ClNO5/c1-2-13-33-19-10-6-7-17(14-19)24(30)22-23(16-11-12-21(29)20(27)15-16)28(26(32)25(22)31)18-8-4-3-5-9-18/h6-7,10-12,14-15,18,23,29-30H,2-5,8-9,13H2,1H3/b24-22-. The first-order valence-corrected chi connectivity index (χ1v) is 11.8. The second-order valence-electron chi connectivity index (χ2n) is 8.59. The lowest BCUT2D eigenvalue weighted by Gasteiger charge is -2.35. The fourth-order valence-electron chi connectivity index (χ4n) is 4.71. The lowest BCUT2D eigenvalue weighted by molar-refractivity contribution is -0.141. The highest BCUT2D eigenvalue weighted by Crippen LogP contribution is 2.44. The molecule has 2 fully saturated rings. The molecule has 1 heterocycles. The van der Waals surface area contributed by atoms with Crippen LogP contribution in [0.5, 0.6) is 11.5 Å². The van der Waals surface area contributed by atoms with Crippen molar-refractivity contribution in [2.45, 2.75) is 57.5 Å². The van der Waals surface area contributed by atoms with Crippen molar-refractivity contribution in [3.63, 3.8) is 0 Å². The van der Waals surface area contributed by atoms with E-state index in [4.69, 9.17) is 16.3 Å². The van der Waals surface area contributed by atoms with Crippen molar-refractivity contribution in [3.05, 3.63) is 64.2 Å². The Morgan fingerprint density at radius 2 is 1.88 bits per heavy atom. The number of Topliss-reactive ketones (excluding diaryl/α,β-unsaturated/α-hetero) is 1. The zero-order chi connectivity index (χ0) is 23.5. The molecule has 2 aromatic carbocycles. The predicted molar refractivity (Wildman–Crippen MR) is 126 cm³/mol. The molecule has 1 atom stereocenters. The van der Waals surface area contributed by atoms with Crippen molar-refractivity contribution in [2.24, 2.45) is 0 Å². The van der Waals surface area contributed by atoms with Crippen LogP contribution in [0.2, 0.25) is 5.02 Å². The number of aliphatic hydroxyl groups is 1. The van der Waals surface area contributed by atoms with Gasteiger partial charge >= 0.3 is 0 Å². The summed E-state index contributed by atoms with van der Waals surface area (Å²) in [6.07, 6.45) is 5.50. The highest BCUT2D eigenvalue weighted by molar-refractivity contribution is 6.46. The molecular weight excluding hydrogens is 442 g/mol. The molecule has 33 heavy (non-hydrogen) atoms. The highest BCUT2D eigenvalue weighted by atomic mass is 35.5. The molecule has 1 aliphatic carbocycles. The third-order valence-corrected chi connectivity index (χ3v) is 6.62. The quantitative estimate of drug-likeness (QED) is 0.327. The second kappa shape index (κ2) is 9.87. The van der Waals surface area contributed by atoms with Gasteiger partial charge in [-0.1, -0.05) is 56.0 Å². The van der Waals surface area contributed by atoms with Gasteiger partial charge in [0.15, 0.2) is 0 Å². The number of carbonyl (C=O) groups excluding carboxylic acids is 2. The van der Waals surface area contributed by atoms with Crippen molar-refractivity contribution in [3.8, 4) is 11.5 Å². The normalized spacial score (nSPS) is 20.9. The van der Waals surface area contributed by atoms with Crippen LogP contribution in [0.4, 0.5) is 0 Å². The first-order chi connectivity index (χ1) is 15.9. The van der Waals surface area contributed by atoms with Crippen LogP contribution in [0, 0.1) is 0 Å². The predicted octanol–water partition coefficient (Wildman–Crippen LogP) is 5.59. The number of phenols is 1. The van der Waals surface area contributed by atoms with E-state index >= 15 is 0 Å². The van der Waals surface area contributed by atoms with Crippen molar-refractivity contribution < 1.29 is 24.5 Å². The number of halogens is 1. The molecule has 2 aliphatic rings. The van der Waals surface area contributed by atoms with E-state index in [-0.39, 0.29) is 28.1 Å². The van der Waals surface area contributed by atoms with Gasteiger partial charge in [-0.2, -0.15) is 0 Å². The smallest absolute Gasteiger partial charge is 0.295 e. The fourth-order valence-corrected chi connectivity index (χ4v) is 4.90. The average molecular weight is 470 g/mol. The Morgan fingerprint density at radius 1 is 1.12 bits per heavy atom. The second-order valence-corrected chi connectivity index (χ2v) is 8.99. The minimum Gasteiger partial charge on any atom is -0.507 e. The van der Waals surface area contributed by atoms with E-state index in [0.717, 1.165) is 38.5 Å². The summed E-state index contributed by atoms with van der Waals surface area (Å²) in [5.41, 5.74) is 1.00. The molecule has 1 saturated carbocycles. The minimum atomic E-state index is -0.786. The van der Waals surface area contributed by atoms with Gasteiger partial charge in [-0.15, -0.1) is 0 Å². The number of phenolic OH excluding ortho intramolecular Hbond substituents is 1. The molecule has 2 aromatic rings. The number of hydrogen-bond acceptors (Lipinski definition) is 5. The Labute approximate surface area is 198 Å². The minimum absolute atomic E-state index is 0.0278. The van der Waals surface area contributed by atoms with Crippen LogP contribution in [0.3, 0.4) is 0 Å². The molecule has 0 spiro atoms. The van der Waals surface area contributed by atoms with E-state index in [1.165, 1.54) is 6.07 Å². The number of aromatic hydroxyl groups is 1. The number of hydrogen-bond donors (Lipinski definition) is 2. The van der Waals surface area contributed by atoms with E-state index in [1.807, 2.05) is 6.92 Å². The SMILES string of the molecule is CCCOc1cccc(/C(O)=C2/C(=O)C(=O)N(C3CCCCC3)C2c2ccc(O)c(Cl)c2)c1. The summed E-state index contributed by atoms with van der Waals surface area (Å²) in [6.45, 7) is 2.53. The van der Waals surface area contributed by atoms with Gasteiger partial charge < -0.3 is 19.8 Å². The van der Waals surface area contributed by atoms with Gasteiger partial charge in [0.05, 0.1) is 23.2 Å². The molecule has 174 valence electrons. The van der Waals surface area contributed by atoms with Gasteiger partial charge in [-0.05, 0) is 49.1 Å². The van der Waals surface area contributed by atoms with Crippen molar-refractivity contribution in [2.75, 3.05) is 6.61 Å². The number of nitrogens with zero attached hydrogens (tertiary/aromatic N) is 1. The maximum atomic E-state index is 13.2. The van der Waals surface area contributed by atoms with Gasteiger partial charge in [-0.3, -0.25) is 9.59 Å². The Hall–Kier alpha value is -2.99. The van der Waals surface area contributed by atoms with Crippen LogP contribution in [0.1, 0.15) is 62.6 Å². The lowest BCUT2D eigenvalue weighted by Crippen LogP contribution is -2.40. The molecule has 4 rings (SSSR count). The highest BCUT2D eigenvalue weighted by Gasteiger charge is 2.49. The molecule has 6 nitrogen and oxygen atoms in total. The number of amides is 1. The zero-order valence-electron chi connectivity index (χ0n) is 18.6. The van der Waals surface area contributed by atoms with Crippen LogP contribution in [0.15, 0.2) is 48.0 Å². The molecule has 0 radical (unpaired) electrons. The Balaban J connectivity index is 1.84.